The van der Waals surface area contributed by atoms with E-state index in [0.717, 1.165) is 40.5 Å². The maximum Gasteiger partial charge on any atom is 0.191 e. The lowest BCUT2D eigenvalue weighted by Gasteiger charge is -2.07. The van der Waals surface area contributed by atoms with Crippen molar-refractivity contribution in [1.29, 1.82) is 0 Å². The third kappa shape index (κ3) is 3.13. The Morgan fingerprint density at radius 3 is 2.82 bits per heavy atom. The Morgan fingerprint density at radius 1 is 1.14 bits per heavy atom. The minimum atomic E-state index is -0.0816. The number of hydrogen-bond donors (Lipinski definition) is 1. The number of aliphatic hydroxyl groups excluding tert-OH is 1. The molecule has 2 heterocycles. The first-order chi connectivity index (χ1) is 10.8. The molecule has 0 saturated heterocycles. The Balaban J connectivity index is 1.77. The zero-order chi connectivity index (χ0) is 15.4. The van der Waals surface area contributed by atoms with E-state index in [1.807, 2.05) is 28.8 Å². The van der Waals surface area contributed by atoms with E-state index in [4.69, 9.17) is 0 Å². The first-order valence-electron chi connectivity index (χ1n) is 7.32. The Labute approximate surface area is 133 Å². The van der Waals surface area contributed by atoms with Crippen molar-refractivity contribution >= 4 is 22.7 Å². The molecule has 0 radical (unpaired) electrons. The van der Waals surface area contributed by atoms with Gasteiger partial charge in [0.05, 0.1) is 11.2 Å². The van der Waals surface area contributed by atoms with E-state index < -0.39 is 0 Å². The highest BCUT2D eigenvalue weighted by Gasteiger charge is 2.11. The van der Waals surface area contributed by atoms with Gasteiger partial charge in [0.1, 0.15) is 6.61 Å². The minimum Gasteiger partial charge on any atom is -0.388 e. The third-order valence-electron chi connectivity index (χ3n) is 3.39. The molecular weight excluding hydrogens is 296 g/mol. The average molecular weight is 314 g/mol. The van der Waals surface area contributed by atoms with Gasteiger partial charge in [-0.25, -0.2) is 0 Å². The minimum absolute atomic E-state index is 0.0816. The molecule has 2 aromatic heterocycles. The number of aliphatic hydroxyl groups is 1. The number of para-hydroxylation sites is 1. The molecule has 22 heavy (non-hydrogen) atoms. The van der Waals surface area contributed by atoms with Gasteiger partial charge in [-0.1, -0.05) is 43.0 Å². The van der Waals surface area contributed by atoms with Crippen molar-refractivity contribution in [1.82, 2.24) is 19.7 Å². The van der Waals surface area contributed by atoms with Crippen LogP contribution in [0.3, 0.4) is 0 Å². The normalized spacial score (nSPS) is 11.2. The van der Waals surface area contributed by atoms with Crippen LogP contribution in [-0.2, 0) is 18.9 Å². The van der Waals surface area contributed by atoms with E-state index >= 15 is 0 Å². The number of rotatable bonds is 6. The van der Waals surface area contributed by atoms with E-state index in [0.29, 0.717) is 5.82 Å². The summed E-state index contributed by atoms with van der Waals surface area (Å²) in [6, 6.07) is 12.2. The van der Waals surface area contributed by atoms with Crippen molar-refractivity contribution in [3.05, 3.63) is 47.9 Å². The third-order valence-corrected chi connectivity index (χ3v) is 4.39. The largest absolute Gasteiger partial charge is 0.388 e. The summed E-state index contributed by atoms with van der Waals surface area (Å²) in [5.41, 5.74) is 2.02. The van der Waals surface area contributed by atoms with Gasteiger partial charge < -0.3 is 9.67 Å². The van der Waals surface area contributed by atoms with E-state index in [-0.39, 0.29) is 6.61 Å². The quantitative estimate of drug-likeness (QED) is 0.709. The van der Waals surface area contributed by atoms with Crippen LogP contribution < -0.4 is 0 Å². The van der Waals surface area contributed by atoms with E-state index in [9.17, 15) is 5.11 Å². The van der Waals surface area contributed by atoms with Crippen LogP contribution in [0, 0.1) is 0 Å². The lowest BCUT2D eigenvalue weighted by Crippen LogP contribution is -2.04. The number of pyridine rings is 1. The van der Waals surface area contributed by atoms with Crippen LogP contribution in [0.2, 0.25) is 0 Å². The highest BCUT2D eigenvalue weighted by atomic mass is 32.2. The van der Waals surface area contributed by atoms with E-state index in [1.54, 1.807) is 11.8 Å². The summed E-state index contributed by atoms with van der Waals surface area (Å²) in [5, 5.41) is 19.5. The first-order valence-corrected chi connectivity index (χ1v) is 8.30. The van der Waals surface area contributed by atoms with Gasteiger partial charge in [-0.05, 0) is 18.6 Å². The zero-order valence-electron chi connectivity index (χ0n) is 12.4. The van der Waals surface area contributed by atoms with Crippen molar-refractivity contribution in [2.75, 3.05) is 0 Å². The standard InChI is InChI=1S/C16H18N4OS/c1-2-9-20-15(10-21)18-19-16(20)22-11-13-8-7-12-5-3-4-6-14(12)17-13/h3-8,21H,2,9-11H2,1H3. The van der Waals surface area contributed by atoms with Crippen molar-refractivity contribution in [2.45, 2.75) is 37.4 Å². The Hall–Kier alpha value is -1.92. The molecule has 1 aromatic carbocycles. The molecule has 0 bridgehead atoms. The van der Waals surface area contributed by atoms with Crippen LogP contribution in [-0.4, -0.2) is 24.9 Å². The highest BCUT2D eigenvalue weighted by molar-refractivity contribution is 7.98. The van der Waals surface area contributed by atoms with Crippen LogP contribution in [0.25, 0.3) is 10.9 Å². The zero-order valence-corrected chi connectivity index (χ0v) is 13.3. The summed E-state index contributed by atoms with van der Waals surface area (Å²) in [5.74, 6) is 1.36. The number of benzene rings is 1. The van der Waals surface area contributed by atoms with Crippen LogP contribution in [0.1, 0.15) is 24.9 Å². The summed E-state index contributed by atoms with van der Waals surface area (Å²) < 4.78 is 1.98. The summed E-state index contributed by atoms with van der Waals surface area (Å²) in [6.45, 7) is 2.83. The number of thioether (sulfide) groups is 1. The molecule has 0 atom stereocenters. The molecule has 0 fully saturated rings. The highest BCUT2D eigenvalue weighted by Crippen LogP contribution is 2.23. The monoisotopic (exact) mass is 314 g/mol. The summed E-state index contributed by atoms with van der Waals surface area (Å²) in [6.07, 6.45) is 0.979. The van der Waals surface area contributed by atoms with Gasteiger partial charge in [0.15, 0.2) is 11.0 Å². The summed E-state index contributed by atoms with van der Waals surface area (Å²) >= 11 is 1.60. The maximum atomic E-state index is 9.32. The Kier molecular flexibility index (Phi) is 4.70. The van der Waals surface area contributed by atoms with Gasteiger partial charge in [0.25, 0.3) is 0 Å². The van der Waals surface area contributed by atoms with Crippen LogP contribution in [0.5, 0.6) is 0 Å². The number of hydrogen-bond acceptors (Lipinski definition) is 5. The fraction of sp³-hybridized carbons (Fsp3) is 0.312. The predicted molar refractivity (Wildman–Crippen MR) is 87.5 cm³/mol. The second kappa shape index (κ2) is 6.89. The number of aromatic nitrogens is 4. The lowest BCUT2D eigenvalue weighted by molar-refractivity contribution is 0.263. The molecule has 6 heteroatoms. The van der Waals surface area contributed by atoms with Gasteiger partial charge in [0.2, 0.25) is 0 Å². The predicted octanol–water partition coefficient (Wildman–Crippen LogP) is 3.02. The SMILES string of the molecule is CCCn1c(CO)nnc1SCc1ccc2ccccc2n1. The molecule has 0 aliphatic heterocycles. The second-order valence-corrected chi connectivity index (χ2v) is 5.94. The van der Waals surface area contributed by atoms with Gasteiger partial charge >= 0.3 is 0 Å². The summed E-state index contributed by atoms with van der Waals surface area (Å²) in [7, 11) is 0. The molecule has 3 rings (SSSR count). The molecule has 0 spiro atoms. The molecule has 0 amide bonds. The van der Waals surface area contributed by atoms with Gasteiger partial charge in [-0.15, -0.1) is 10.2 Å². The van der Waals surface area contributed by atoms with E-state index in [2.05, 4.69) is 34.2 Å². The summed E-state index contributed by atoms with van der Waals surface area (Å²) in [4.78, 5) is 4.67. The molecule has 1 N–H and O–H groups in total. The van der Waals surface area contributed by atoms with Crippen molar-refractivity contribution in [2.24, 2.45) is 0 Å². The van der Waals surface area contributed by atoms with Crippen molar-refractivity contribution in [3.63, 3.8) is 0 Å². The maximum absolute atomic E-state index is 9.32. The van der Waals surface area contributed by atoms with Crippen molar-refractivity contribution in [3.8, 4) is 0 Å². The van der Waals surface area contributed by atoms with Gasteiger partial charge in [-0.3, -0.25) is 4.98 Å². The number of nitrogens with zero attached hydrogens (tertiary/aromatic N) is 4. The fourth-order valence-electron chi connectivity index (χ4n) is 2.32. The topological polar surface area (TPSA) is 63.8 Å². The first kappa shape index (κ1) is 15.0. The average Bonchev–Trinajstić information content (AvgIpc) is 2.95. The second-order valence-electron chi connectivity index (χ2n) is 4.99. The Morgan fingerprint density at radius 2 is 2.00 bits per heavy atom. The molecule has 0 aliphatic carbocycles. The van der Waals surface area contributed by atoms with Crippen LogP contribution >= 0.6 is 11.8 Å². The smallest absolute Gasteiger partial charge is 0.191 e. The van der Waals surface area contributed by atoms with Crippen LogP contribution in [0.15, 0.2) is 41.6 Å². The Bertz CT molecular complexity index is 772. The van der Waals surface area contributed by atoms with Crippen molar-refractivity contribution < 1.29 is 5.11 Å². The molecule has 0 saturated carbocycles. The van der Waals surface area contributed by atoms with E-state index in [1.165, 1.54) is 0 Å². The van der Waals surface area contributed by atoms with Gasteiger partial charge in [0, 0.05) is 17.7 Å². The molecule has 0 unspecified atom stereocenters. The van der Waals surface area contributed by atoms with Gasteiger partial charge in [-0.2, -0.15) is 0 Å². The lowest BCUT2D eigenvalue weighted by atomic mass is 10.2. The fourth-order valence-corrected chi connectivity index (χ4v) is 3.21. The molecular formula is C16H18N4OS. The molecule has 3 aromatic rings. The molecule has 114 valence electrons. The molecule has 5 nitrogen and oxygen atoms in total. The molecule has 0 aliphatic rings. The van der Waals surface area contributed by atoms with Crippen LogP contribution in [0.4, 0.5) is 0 Å². The number of fused-ring (bicyclic) bond motifs is 1.